The first-order valence-corrected chi connectivity index (χ1v) is 6.03. The number of aliphatic hydroxyl groups is 2. The summed E-state index contributed by atoms with van der Waals surface area (Å²) in [6.45, 7) is 0.212. The molecule has 0 spiro atoms. The van der Waals surface area contributed by atoms with E-state index in [1.54, 1.807) is 0 Å². The molecule has 0 radical (unpaired) electrons. The van der Waals surface area contributed by atoms with Gasteiger partial charge >= 0.3 is 5.69 Å². The summed E-state index contributed by atoms with van der Waals surface area (Å²) in [5, 5.41) is 18.4. The van der Waals surface area contributed by atoms with Crippen LogP contribution in [0.25, 0.3) is 0 Å². The average Bonchev–Trinajstić information content (AvgIpc) is 3.00. The molecule has 6 nitrogen and oxygen atoms in total. The molecule has 0 saturated heterocycles. The first-order chi connectivity index (χ1) is 8.02. The fourth-order valence-electron chi connectivity index (χ4n) is 2.07. The van der Waals surface area contributed by atoms with Crippen molar-refractivity contribution in [2.24, 2.45) is 11.3 Å². The number of H-pyrrole nitrogens is 1. The van der Waals surface area contributed by atoms with E-state index in [1.807, 2.05) is 0 Å². The molecule has 1 aromatic heterocycles. The topological polar surface area (TPSA) is 95.3 Å². The van der Waals surface area contributed by atoms with Gasteiger partial charge in [0.05, 0.1) is 11.1 Å². The van der Waals surface area contributed by atoms with E-state index in [0.717, 1.165) is 0 Å². The summed E-state index contributed by atoms with van der Waals surface area (Å²) in [4.78, 5) is 24.9. The van der Waals surface area contributed by atoms with Gasteiger partial charge in [0.25, 0.3) is 5.56 Å². The summed E-state index contributed by atoms with van der Waals surface area (Å²) in [6.07, 6.45) is 2.09. The third-order valence-electron chi connectivity index (χ3n) is 3.35. The molecule has 1 aliphatic rings. The first-order valence-electron chi connectivity index (χ1n) is 5.23. The molecule has 1 aromatic rings. The lowest BCUT2D eigenvalue weighted by atomic mass is 10.1. The summed E-state index contributed by atoms with van der Waals surface area (Å²) in [6, 6.07) is 0. The van der Waals surface area contributed by atoms with Crippen LogP contribution in [0.2, 0.25) is 0 Å². The molecule has 0 aliphatic heterocycles. The van der Waals surface area contributed by atoms with Crippen LogP contribution in [0.3, 0.4) is 0 Å². The standard InChI is InChI=1S/C10H13BrN2O4/c11-7-2-13(9(17)12-8(7)16)4-10(5-15)1-6(10)3-14/h2,6,14-15H,1,3-5H2,(H,12,16,17). The number of halogens is 1. The van der Waals surface area contributed by atoms with E-state index in [1.165, 1.54) is 10.8 Å². The van der Waals surface area contributed by atoms with Crippen LogP contribution in [0.5, 0.6) is 0 Å². The van der Waals surface area contributed by atoms with Crippen LogP contribution < -0.4 is 11.2 Å². The van der Waals surface area contributed by atoms with Crippen LogP contribution in [0.1, 0.15) is 6.42 Å². The van der Waals surface area contributed by atoms with Crippen LogP contribution in [0.15, 0.2) is 20.3 Å². The molecule has 17 heavy (non-hydrogen) atoms. The monoisotopic (exact) mass is 304 g/mol. The van der Waals surface area contributed by atoms with Gasteiger partial charge in [-0.1, -0.05) is 0 Å². The number of aliphatic hydroxyl groups excluding tert-OH is 2. The van der Waals surface area contributed by atoms with Crippen LogP contribution >= 0.6 is 15.9 Å². The highest BCUT2D eigenvalue weighted by Gasteiger charge is 2.53. The van der Waals surface area contributed by atoms with Crippen molar-refractivity contribution < 1.29 is 10.2 Å². The lowest BCUT2D eigenvalue weighted by Gasteiger charge is -2.15. The minimum atomic E-state index is -0.505. The molecule has 1 saturated carbocycles. The van der Waals surface area contributed by atoms with Gasteiger partial charge in [-0.25, -0.2) is 4.79 Å². The zero-order chi connectivity index (χ0) is 12.6. The highest BCUT2D eigenvalue weighted by atomic mass is 79.9. The second-order valence-electron chi connectivity index (χ2n) is 4.47. The molecule has 0 amide bonds. The molecule has 3 N–H and O–H groups in total. The summed E-state index contributed by atoms with van der Waals surface area (Å²) < 4.78 is 1.61. The summed E-state index contributed by atoms with van der Waals surface area (Å²) in [7, 11) is 0. The van der Waals surface area contributed by atoms with Gasteiger partial charge in [0.15, 0.2) is 0 Å². The molecule has 2 atom stereocenters. The summed E-state index contributed by atoms with van der Waals surface area (Å²) in [5.41, 5.74) is -1.41. The molecular weight excluding hydrogens is 292 g/mol. The molecule has 1 aliphatic carbocycles. The minimum Gasteiger partial charge on any atom is -0.396 e. The van der Waals surface area contributed by atoms with Crippen LogP contribution in [0.4, 0.5) is 0 Å². The van der Waals surface area contributed by atoms with E-state index in [2.05, 4.69) is 20.9 Å². The highest BCUT2D eigenvalue weighted by molar-refractivity contribution is 9.10. The van der Waals surface area contributed by atoms with E-state index < -0.39 is 16.7 Å². The maximum Gasteiger partial charge on any atom is 0.328 e. The molecule has 7 heteroatoms. The molecule has 1 heterocycles. The predicted octanol–water partition coefficient (Wildman–Crippen LogP) is -0.710. The zero-order valence-electron chi connectivity index (χ0n) is 9.02. The third kappa shape index (κ3) is 2.22. The number of nitrogens with one attached hydrogen (secondary N) is 1. The molecule has 2 rings (SSSR count). The van der Waals surface area contributed by atoms with E-state index >= 15 is 0 Å². The lowest BCUT2D eigenvalue weighted by Crippen LogP contribution is -2.33. The minimum absolute atomic E-state index is 0.000165. The quantitative estimate of drug-likeness (QED) is 0.685. The van der Waals surface area contributed by atoms with Gasteiger partial charge in [-0.2, -0.15) is 0 Å². The normalized spacial score (nSPS) is 27.1. The number of aromatic nitrogens is 2. The Labute approximate surface area is 105 Å². The van der Waals surface area contributed by atoms with Crippen molar-refractivity contribution in [3.63, 3.8) is 0 Å². The van der Waals surface area contributed by atoms with Crippen LogP contribution in [-0.2, 0) is 6.54 Å². The average molecular weight is 305 g/mol. The Hall–Kier alpha value is -0.920. The number of hydrogen-bond acceptors (Lipinski definition) is 4. The Morgan fingerprint density at radius 2 is 2.24 bits per heavy atom. The number of rotatable bonds is 4. The van der Waals surface area contributed by atoms with Gasteiger partial charge in [0.2, 0.25) is 0 Å². The Morgan fingerprint density at radius 1 is 1.53 bits per heavy atom. The van der Waals surface area contributed by atoms with Crippen molar-refractivity contribution in [2.45, 2.75) is 13.0 Å². The van der Waals surface area contributed by atoms with E-state index in [0.29, 0.717) is 13.0 Å². The number of nitrogens with zero attached hydrogens (tertiary/aromatic N) is 1. The largest absolute Gasteiger partial charge is 0.396 e. The van der Waals surface area contributed by atoms with Crippen molar-refractivity contribution >= 4 is 15.9 Å². The predicted molar refractivity (Wildman–Crippen MR) is 63.7 cm³/mol. The zero-order valence-corrected chi connectivity index (χ0v) is 10.6. The second-order valence-corrected chi connectivity index (χ2v) is 5.32. The third-order valence-corrected chi connectivity index (χ3v) is 3.91. The van der Waals surface area contributed by atoms with E-state index in [4.69, 9.17) is 5.11 Å². The van der Waals surface area contributed by atoms with Crippen molar-refractivity contribution in [3.8, 4) is 0 Å². The Morgan fingerprint density at radius 3 is 2.76 bits per heavy atom. The SMILES string of the molecule is O=c1[nH]c(=O)n(CC2(CO)CC2CO)cc1Br. The summed E-state index contributed by atoms with van der Waals surface area (Å²) >= 11 is 3.05. The first kappa shape index (κ1) is 12.5. The van der Waals surface area contributed by atoms with Crippen LogP contribution in [0, 0.1) is 11.3 Å². The number of aromatic amines is 1. The van der Waals surface area contributed by atoms with Gasteiger partial charge in [0.1, 0.15) is 0 Å². The molecule has 0 aromatic carbocycles. The molecule has 94 valence electrons. The maximum atomic E-state index is 11.6. The Kier molecular flexibility index (Phi) is 3.24. The Bertz CT molecular complexity index is 538. The fraction of sp³-hybridized carbons (Fsp3) is 0.600. The number of hydrogen-bond donors (Lipinski definition) is 3. The van der Waals surface area contributed by atoms with Gasteiger partial charge < -0.3 is 10.2 Å². The van der Waals surface area contributed by atoms with Gasteiger partial charge in [0, 0.05) is 24.8 Å². The summed E-state index contributed by atoms with van der Waals surface area (Å²) in [5.74, 6) is 0.0186. The van der Waals surface area contributed by atoms with Crippen molar-refractivity contribution in [3.05, 3.63) is 31.5 Å². The van der Waals surface area contributed by atoms with E-state index in [-0.39, 0.29) is 23.6 Å². The molecule has 0 bridgehead atoms. The maximum absolute atomic E-state index is 11.6. The van der Waals surface area contributed by atoms with Crippen molar-refractivity contribution in [1.82, 2.24) is 9.55 Å². The molecular formula is C10H13BrN2O4. The fourth-order valence-corrected chi connectivity index (χ4v) is 2.41. The van der Waals surface area contributed by atoms with E-state index in [9.17, 15) is 14.7 Å². The smallest absolute Gasteiger partial charge is 0.328 e. The molecule has 1 fully saturated rings. The highest BCUT2D eigenvalue weighted by Crippen LogP contribution is 2.52. The van der Waals surface area contributed by atoms with Gasteiger partial charge in [-0.3, -0.25) is 14.3 Å². The van der Waals surface area contributed by atoms with Crippen LogP contribution in [-0.4, -0.2) is 33.0 Å². The van der Waals surface area contributed by atoms with Gasteiger partial charge in [-0.05, 0) is 28.3 Å². The van der Waals surface area contributed by atoms with Crippen molar-refractivity contribution in [1.29, 1.82) is 0 Å². The van der Waals surface area contributed by atoms with Crippen molar-refractivity contribution in [2.75, 3.05) is 13.2 Å². The Balaban J connectivity index is 2.28. The lowest BCUT2D eigenvalue weighted by molar-refractivity contribution is 0.156. The second kappa shape index (κ2) is 4.40. The van der Waals surface area contributed by atoms with Gasteiger partial charge in [-0.15, -0.1) is 0 Å². The molecule has 2 unspecified atom stereocenters.